The molecular formula is C14H13BrO3. The van der Waals surface area contributed by atoms with Gasteiger partial charge in [0.05, 0.1) is 13.2 Å². The lowest BCUT2D eigenvalue weighted by Crippen LogP contribution is -2.21. The van der Waals surface area contributed by atoms with Crippen molar-refractivity contribution in [2.75, 3.05) is 7.11 Å². The van der Waals surface area contributed by atoms with Crippen LogP contribution in [-0.2, 0) is 14.3 Å². The fraction of sp³-hybridized carbons (Fsp3) is 0.214. The summed E-state index contributed by atoms with van der Waals surface area (Å²) in [6, 6.07) is 7.90. The number of hydrogen-bond acceptors (Lipinski definition) is 3. The monoisotopic (exact) mass is 308 g/mol. The van der Waals surface area contributed by atoms with E-state index in [4.69, 9.17) is 9.47 Å². The zero-order valence-corrected chi connectivity index (χ0v) is 11.5. The van der Waals surface area contributed by atoms with Crippen molar-refractivity contribution < 1.29 is 14.3 Å². The van der Waals surface area contributed by atoms with Gasteiger partial charge >= 0.3 is 5.97 Å². The molecule has 1 unspecified atom stereocenters. The van der Waals surface area contributed by atoms with Crippen molar-refractivity contribution in [2.45, 2.75) is 12.5 Å². The zero-order valence-electron chi connectivity index (χ0n) is 9.93. The Morgan fingerprint density at radius 1 is 1.39 bits per heavy atom. The molecule has 1 aliphatic rings. The first-order chi connectivity index (χ1) is 8.67. The van der Waals surface area contributed by atoms with Crippen LogP contribution >= 0.6 is 15.9 Å². The Labute approximate surface area is 114 Å². The molecule has 2 rings (SSSR count). The van der Waals surface area contributed by atoms with Crippen LogP contribution in [0.1, 0.15) is 12.0 Å². The predicted molar refractivity (Wildman–Crippen MR) is 72.8 cm³/mol. The lowest BCUT2D eigenvalue weighted by molar-refractivity contribution is -0.142. The summed E-state index contributed by atoms with van der Waals surface area (Å²) in [6.07, 6.45) is 5.50. The molecule has 0 fully saturated rings. The maximum atomic E-state index is 11.3. The van der Waals surface area contributed by atoms with Gasteiger partial charge < -0.3 is 9.47 Å². The molecule has 0 amide bonds. The Balaban J connectivity index is 2.04. The first-order valence-corrected chi connectivity index (χ1v) is 6.35. The lowest BCUT2D eigenvalue weighted by Gasteiger charge is -2.19. The van der Waals surface area contributed by atoms with Gasteiger partial charge in [-0.25, -0.2) is 4.79 Å². The van der Waals surface area contributed by atoms with Crippen LogP contribution in [0, 0.1) is 0 Å². The van der Waals surface area contributed by atoms with Crippen LogP contribution in [0.3, 0.4) is 0 Å². The molecule has 1 aliphatic heterocycles. The molecule has 1 aromatic rings. The fourth-order valence-corrected chi connectivity index (χ4v) is 1.92. The third-order valence-corrected chi connectivity index (χ3v) is 3.11. The van der Waals surface area contributed by atoms with Gasteiger partial charge in [0.25, 0.3) is 0 Å². The van der Waals surface area contributed by atoms with Gasteiger partial charge in [-0.15, -0.1) is 0 Å². The van der Waals surface area contributed by atoms with Gasteiger partial charge in [-0.3, -0.25) is 0 Å². The molecular weight excluding hydrogens is 296 g/mol. The molecule has 0 aromatic heterocycles. The van der Waals surface area contributed by atoms with Crippen LogP contribution in [-0.4, -0.2) is 19.2 Å². The third kappa shape index (κ3) is 3.47. The maximum absolute atomic E-state index is 11.3. The molecule has 0 radical (unpaired) electrons. The molecule has 18 heavy (non-hydrogen) atoms. The number of benzene rings is 1. The van der Waals surface area contributed by atoms with E-state index in [0.29, 0.717) is 12.2 Å². The van der Waals surface area contributed by atoms with Crippen molar-refractivity contribution in [1.29, 1.82) is 0 Å². The molecule has 4 heteroatoms. The van der Waals surface area contributed by atoms with Gasteiger partial charge in [-0.05, 0) is 23.8 Å². The molecule has 0 N–H and O–H groups in total. The molecule has 0 saturated heterocycles. The largest absolute Gasteiger partial charge is 0.501 e. The van der Waals surface area contributed by atoms with Crippen molar-refractivity contribution in [2.24, 2.45) is 0 Å². The highest BCUT2D eigenvalue weighted by atomic mass is 79.9. The van der Waals surface area contributed by atoms with E-state index in [0.717, 1.165) is 10.0 Å². The first kappa shape index (κ1) is 12.9. The minimum absolute atomic E-state index is 0.263. The average Bonchev–Trinajstić information content (AvgIpc) is 2.37. The summed E-state index contributed by atoms with van der Waals surface area (Å²) in [4.78, 5) is 11.3. The Kier molecular flexibility index (Phi) is 4.20. The van der Waals surface area contributed by atoms with E-state index in [2.05, 4.69) is 15.9 Å². The Morgan fingerprint density at radius 3 is 2.78 bits per heavy atom. The summed E-state index contributed by atoms with van der Waals surface area (Å²) < 4.78 is 11.3. The molecule has 1 heterocycles. The quantitative estimate of drug-likeness (QED) is 0.804. The Hall–Kier alpha value is -1.55. The summed E-state index contributed by atoms with van der Waals surface area (Å²) in [5.74, 6) is 0.292. The topological polar surface area (TPSA) is 35.5 Å². The first-order valence-electron chi connectivity index (χ1n) is 5.56. The van der Waals surface area contributed by atoms with Gasteiger partial charge in [0.15, 0.2) is 0 Å². The lowest BCUT2D eigenvalue weighted by atomic mass is 10.1. The van der Waals surface area contributed by atoms with E-state index >= 15 is 0 Å². The van der Waals surface area contributed by atoms with Gasteiger partial charge in [0.1, 0.15) is 11.9 Å². The van der Waals surface area contributed by atoms with Crippen LogP contribution in [0.5, 0.6) is 0 Å². The van der Waals surface area contributed by atoms with E-state index in [1.165, 1.54) is 6.08 Å². The van der Waals surface area contributed by atoms with Crippen molar-refractivity contribution in [3.63, 3.8) is 0 Å². The van der Waals surface area contributed by atoms with Crippen molar-refractivity contribution in [1.82, 2.24) is 0 Å². The second-order valence-corrected chi connectivity index (χ2v) is 4.82. The molecule has 1 aromatic carbocycles. The van der Waals surface area contributed by atoms with E-state index in [1.807, 2.05) is 36.4 Å². The number of esters is 1. The Morgan fingerprint density at radius 2 is 2.11 bits per heavy atom. The molecule has 1 atom stereocenters. The van der Waals surface area contributed by atoms with Gasteiger partial charge in [-0.2, -0.15) is 0 Å². The minimum atomic E-state index is -0.358. The molecule has 94 valence electrons. The van der Waals surface area contributed by atoms with E-state index < -0.39 is 0 Å². The smallest absolute Gasteiger partial charge is 0.334 e. The summed E-state index contributed by atoms with van der Waals surface area (Å²) in [5, 5.41) is 0. The molecule has 0 aliphatic carbocycles. The standard InChI is InChI=1S/C14H13BrO3/c1-17-13-8-12(18-14(16)9-13)7-4-10-2-5-11(15)6-3-10/h2-7,9,12H,8H2,1H3/b7-4+. The summed E-state index contributed by atoms with van der Waals surface area (Å²) in [7, 11) is 1.56. The molecule has 0 saturated carbocycles. The second kappa shape index (κ2) is 5.87. The van der Waals surface area contributed by atoms with Crippen molar-refractivity contribution >= 4 is 28.0 Å². The maximum Gasteiger partial charge on any atom is 0.334 e. The summed E-state index contributed by atoms with van der Waals surface area (Å²) >= 11 is 3.38. The number of rotatable bonds is 3. The average molecular weight is 309 g/mol. The highest BCUT2D eigenvalue weighted by Gasteiger charge is 2.19. The van der Waals surface area contributed by atoms with Crippen LogP contribution < -0.4 is 0 Å². The van der Waals surface area contributed by atoms with Gasteiger partial charge in [-0.1, -0.05) is 34.1 Å². The number of methoxy groups -OCH3 is 1. The number of halogens is 1. The number of carbonyl (C=O) groups is 1. The van der Waals surface area contributed by atoms with Crippen molar-refractivity contribution in [3.8, 4) is 0 Å². The number of hydrogen-bond donors (Lipinski definition) is 0. The number of cyclic esters (lactones) is 1. The van der Waals surface area contributed by atoms with Crippen LogP contribution in [0.15, 0.2) is 46.6 Å². The van der Waals surface area contributed by atoms with E-state index in [1.54, 1.807) is 7.11 Å². The number of carbonyl (C=O) groups excluding carboxylic acids is 1. The number of ether oxygens (including phenoxy) is 2. The molecule has 3 nitrogen and oxygen atoms in total. The van der Waals surface area contributed by atoms with E-state index in [9.17, 15) is 4.79 Å². The highest BCUT2D eigenvalue weighted by molar-refractivity contribution is 9.10. The second-order valence-electron chi connectivity index (χ2n) is 3.90. The summed E-state index contributed by atoms with van der Waals surface area (Å²) in [6.45, 7) is 0. The van der Waals surface area contributed by atoms with Crippen LogP contribution in [0.25, 0.3) is 6.08 Å². The SMILES string of the molecule is COC1=CC(=O)OC(/C=C/c2ccc(Br)cc2)C1. The zero-order chi connectivity index (χ0) is 13.0. The third-order valence-electron chi connectivity index (χ3n) is 2.58. The normalized spacial score (nSPS) is 19.6. The molecule has 0 bridgehead atoms. The summed E-state index contributed by atoms with van der Waals surface area (Å²) in [5.41, 5.74) is 1.06. The van der Waals surface area contributed by atoms with E-state index in [-0.39, 0.29) is 12.1 Å². The van der Waals surface area contributed by atoms with Crippen molar-refractivity contribution in [3.05, 3.63) is 52.2 Å². The van der Waals surface area contributed by atoms with Gasteiger partial charge in [0, 0.05) is 10.9 Å². The van der Waals surface area contributed by atoms with Crippen LogP contribution in [0.2, 0.25) is 0 Å². The predicted octanol–water partition coefficient (Wildman–Crippen LogP) is 3.31. The van der Waals surface area contributed by atoms with Crippen LogP contribution in [0.4, 0.5) is 0 Å². The fourth-order valence-electron chi connectivity index (χ4n) is 1.66. The Bertz CT molecular complexity index is 488. The minimum Gasteiger partial charge on any atom is -0.501 e. The molecule has 0 spiro atoms. The highest BCUT2D eigenvalue weighted by Crippen LogP contribution is 2.18. The van der Waals surface area contributed by atoms with Gasteiger partial charge in [0.2, 0.25) is 0 Å².